The van der Waals surface area contributed by atoms with Crippen LogP contribution in [0.1, 0.15) is 46.1 Å². The number of hydrogen-bond acceptors (Lipinski definition) is 5. The van der Waals surface area contributed by atoms with Crippen LogP contribution in [0.5, 0.6) is 0 Å². The summed E-state index contributed by atoms with van der Waals surface area (Å²) in [6.45, 7) is 11.3. The Balaban J connectivity index is 1.92. The van der Waals surface area contributed by atoms with Gasteiger partial charge < -0.3 is 11.1 Å². The highest BCUT2D eigenvalue weighted by Gasteiger charge is 2.43. The number of piperidine rings is 1. The molecule has 0 saturated carbocycles. The first-order valence-electron chi connectivity index (χ1n) is 9.30. The van der Waals surface area contributed by atoms with Crippen molar-refractivity contribution in [1.82, 2.24) is 14.9 Å². The fourth-order valence-electron chi connectivity index (χ4n) is 4.22. The van der Waals surface area contributed by atoms with Crippen molar-refractivity contribution in [3.8, 4) is 11.3 Å². The number of likely N-dealkylation sites (tertiary alicyclic amines) is 1. The second-order valence-electron chi connectivity index (χ2n) is 8.70. The number of hydrogen-bond donors (Lipinski definition) is 2. The maximum atomic E-state index is 6.03. The van der Waals surface area contributed by atoms with Gasteiger partial charge in [-0.15, -0.1) is 0 Å². The molecule has 3 N–H and O–H groups in total. The monoisotopic (exact) mass is 353 g/mol. The first kappa shape index (κ1) is 18.6. The van der Waals surface area contributed by atoms with Crippen molar-refractivity contribution in [2.75, 3.05) is 18.1 Å². The Morgan fingerprint density at radius 2 is 1.62 bits per heavy atom. The number of rotatable bonds is 3. The van der Waals surface area contributed by atoms with Crippen LogP contribution in [0.15, 0.2) is 30.3 Å². The molecule has 0 unspecified atom stereocenters. The third-order valence-corrected chi connectivity index (χ3v) is 5.86. The molecule has 1 aliphatic heterocycles. The van der Waals surface area contributed by atoms with Gasteiger partial charge in [0.2, 0.25) is 5.95 Å². The third kappa shape index (κ3) is 3.54. The number of benzene rings is 1. The molecule has 0 spiro atoms. The lowest BCUT2D eigenvalue weighted by atomic mass is 9.77. The van der Waals surface area contributed by atoms with Gasteiger partial charge in [0.25, 0.3) is 0 Å². The van der Waals surface area contributed by atoms with E-state index in [2.05, 4.69) is 74.0 Å². The van der Waals surface area contributed by atoms with Crippen molar-refractivity contribution in [2.24, 2.45) is 0 Å². The minimum absolute atomic E-state index is 0.119. The minimum Gasteiger partial charge on any atom is -0.368 e. The lowest BCUT2D eigenvalue weighted by molar-refractivity contribution is -0.00773. The Bertz CT molecular complexity index is 764. The lowest BCUT2D eigenvalue weighted by Crippen LogP contribution is -2.61. The van der Waals surface area contributed by atoms with Crippen LogP contribution < -0.4 is 11.1 Å². The molecule has 0 amide bonds. The Morgan fingerprint density at radius 1 is 1.04 bits per heavy atom. The Morgan fingerprint density at radius 3 is 2.19 bits per heavy atom. The molecule has 140 valence electrons. The van der Waals surface area contributed by atoms with Crippen LogP contribution in [0.2, 0.25) is 0 Å². The molecule has 0 atom stereocenters. The molecule has 1 aromatic carbocycles. The van der Waals surface area contributed by atoms with E-state index in [1.807, 2.05) is 18.2 Å². The Labute approximate surface area is 157 Å². The molecule has 0 bridgehead atoms. The van der Waals surface area contributed by atoms with Crippen LogP contribution in [0.4, 0.5) is 11.8 Å². The molecule has 5 nitrogen and oxygen atoms in total. The molecule has 0 radical (unpaired) electrons. The summed E-state index contributed by atoms with van der Waals surface area (Å²) >= 11 is 0. The summed E-state index contributed by atoms with van der Waals surface area (Å²) in [5, 5.41) is 3.67. The topological polar surface area (TPSA) is 67.1 Å². The lowest BCUT2D eigenvalue weighted by Gasteiger charge is -2.53. The fourth-order valence-corrected chi connectivity index (χ4v) is 4.22. The van der Waals surface area contributed by atoms with E-state index in [4.69, 9.17) is 5.73 Å². The fraction of sp³-hybridized carbons (Fsp3) is 0.524. The van der Waals surface area contributed by atoms with Crippen LogP contribution in [0.25, 0.3) is 11.3 Å². The van der Waals surface area contributed by atoms with E-state index >= 15 is 0 Å². The molecule has 5 heteroatoms. The van der Waals surface area contributed by atoms with Gasteiger partial charge in [-0.05, 0) is 54.5 Å². The van der Waals surface area contributed by atoms with Crippen molar-refractivity contribution in [3.63, 3.8) is 0 Å². The van der Waals surface area contributed by atoms with Crippen molar-refractivity contribution >= 4 is 11.8 Å². The number of aromatic nitrogens is 2. The Kier molecular flexibility index (Phi) is 4.69. The summed E-state index contributed by atoms with van der Waals surface area (Å²) < 4.78 is 0. The highest BCUT2D eigenvalue weighted by atomic mass is 15.3. The van der Waals surface area contributed by atoms with Crippen molar-refractivity contribution in [3.05, 3.63) is 35.9 Å². The SMILES string of the molecule is Cc1c(NC2CC(C)(C)N(C)C(C)(C)C2)nc(N)nc1-c1ccccc1. The van der Waals surface area contributed by atoms with Crippen LogP contribution in [0, 0.1) is 6.92 Å². The highest BCUT2D eigenvalue weighted by Crippen LogP contribution is 2.38. The van der Waals surface area contributed by atoms with Gasteiger partial charge in [0.15, 0.2) is 0 Å². The molecule has 2 heterocycles. The van der Waals surface area contributed by atoms with Gasteiger partial charge in [-0.25, -0.2) is 4.98 Å². The van der Waals surface area contributed by atoms with Gasteiger partial charge in [-0.2, -0.15) is 4.98 Å². The molecule has 3 rings (SSSR count). The van der Waals surface area contributed by atoms with E-state index in [-0.39, 0.29) is 11.1 Å². The van der Waals surface area contributed by atoms with Gasteiger partial charge in [0, 0.05) is 28.2 Å². The highest BCUT2D eigenvalue weighted by molar-refractivity contribution is 5.69. The summed E-state index contributed by atoms with van der Waals surface area (Å²) in [5.74, 6) is 1.15. The normalized spacial score (nSPS) is 20.1. The van der Waals surface area contributed by atoms with E-state index in [1.54, 1.807) is 0 Å². The van der Waals surface area contributed by atoms with Crippen LogP contribution in [-0.4, -0.2) is 39.0 Å². The predicted octanol–water partition coefficient (Wildman–Crippen LogP) is 4.10. The number of nitrogens with zero attached hydrogens (tertiary/aromatic N) is 3. The quantitative estimate of drug-likeness (QED) is 0.870. The molecule has 26 heavy (non-hydrogen) atoms. The largest absolute Gasteiger partial charge is 0.368 e. The number of nitrogens with one attached hydrogen (secondary N) is 1. The minimum atomic E-state index is 0.119. The summed E-state index contributed by atoms with van der Waals surface area (Å²) in [5.41, 5.74) is 9.27. The molecular formula is C21H31N5. The second kappa shape index (κ2) is 6.54. The number of nitrogen functional groups attached to an aromatic ring is 1. The van der Waals surface area contributed by atoms with E-state index in [9.17, 15) is 0 Å². The average molecular weight is 354 g/mol. The molecule has 0 aliphatic carbocycles. The second-order valence-corrected chi connectivity index (χ2v) is 8.70. The number of nitrogens with two attached hydrogens (primary N) is 1. The maximum Gasteiger partial charge on any atom is 0.222 e. The van der Waals surface area contributed by atoms with Crippen molar-refractivity contribution in [1.29, 1.82) is 0 Å². The van der Waals surface area contributed by atoms with Crippen LogP contribution in [0.3, 0.4) is 0 Å². The van der Waals surface area contributed by atoms with E-state index in [0.717, 1.165) is 35.5 Å². The van der Waals surface area contributed by atoms with Crippen molar-refractivity contribution in [2.45, 2.75) is 64.6 Å². The van der Waals surface area contributed by atoms with Gasteiger partial charge in [0.05, 0.1) is 5.69 Å². The first-order chi connectivity index (χ1) is 12.1. The summed E-state index contributed by atoms with van der Waals surface area (Å²) in [4.78, 5) is 11.5. The molecule has 2 aromatic rings. The molecular weight excluding hydrogens is 322 g/mol. The van der Waals surface area contributed by atoms with Crippen molar-refractivity contribution < 1.29 is 0 Å². The molecule has 1 fully saturated rings. The zero-order valence-electron chi connectivity index (χ0n) is 16.8. The van der Waals surface area contributed by atoms with E-state index < -0.39 is 0 Å². The van der Waals surface area contributed by atoms with Gasteiger partial charge in [-0.1, -0.05) is 30.3 Å². The zero-order chi connectivity index (χ0) is 19.1. The molecule has 1 aliphatic rings. The van der Waals surface area contributed by atoms with Gasteiger partial charge >= 0.3 is 0 Å². The predicted molar refractivity (Wildman–Crippen MR) is 109 cm³/mol. The van der Waals surface area contributed by atoms with E-state index in [0.29, 0.717) is 12.0 Å². The summed E-state index contributed by atoms with van der Waals surface area (Å²) in [7, 11) is 2.22. The summed E-state index contributed by atoms with van der Waals surface area (Å²) in [6, 6.07) is 10.5. The average Bonchev–Trinajstić information content (AvgIpc) is 2.56. The number of anilines is 2. The van der Waals surface area contributed by atoms with E-state index in [1.165, 1.54) is 0 Å². The summed E-state index contributed by atoms with van der Waals surface area (Å²) in [6.07, 6.45) is 2.11. The third-order valence-electron chi connectivity index (χ3n) is 5.86. The van der Waals surface area contributed by atoms with Crippen LogP contribution in [-0.2, 0) is 0 Å². The first-order valence-corrected chi connectivity index (χ1v) is 9.30. The Hall–Kier alpha value is -2.14. The van der Waals surface area contributed by atoms with Gasteiger partial charge in [0.1, 0.15) is 5.82 Å². The smallest absolute Gasteiger partial charge is 0.222 e. The maximum absolute atomic E-state index is 6.03. The van der Waals surface area contributed by atoms with Gasteiger partial charge in [-0.3, -0.25) is 4.90 Å². The molecule has 1 saturated heterocycles. The standard InChI is InChI=1S/C21H31N5/c1-14-17(15-10-8-7-9-11-15)24-19(22)25-18(14)23-16-12-20(2,3)26(6)21(4,5)13-16/h7-11,16H,12-13H2,1-6H3,(H3,22,23,24,25). The zero-order valence-corrected chi connectivity index (χ0v) is 16.8. The molecule has 1 aromatic heterocycles. The van der Waals surface area contributed by atoms with Crippen LogP contribution >= 0.6 is 0 Å².